The van der Waals surface area contributed by atoms with Crippen LogP contribution >= 0.6 is 0 Å². The lowest BCUT2D eigenvalue weighted by Gasteiger charge is -1.97. The normalized spacial score (nSPS) is 11.8. The molecule has 0 spiro atoms. The highest BCUT2D eigenvalue weighted by atomic mass is 32.2. The monoisotopic (exact) mass is 296 g/mol. The van der Waals surface area contributed by atoms with E-state index in [0.717, 1.165) is 10.8 Å². The summed E-state index contributed by atoms with van der Waals surface area (Å²) in [6.45, 7) is 0. The molecule has 0 aliphatic rings. The zero-order valence-electron chi connectivity index (χ0n) is 9.23. The molecule has 104 valence electrons. The van der Waals surface area contributed by atoms with Crippen LogP contribution in [0.5, 0.6) is 0 Å². The van der Waals surface area contributed by atoms with Crippen LogP contribution in [0.4, 0.5) is 17.6 Å². The van der Waals surface area contributed by atoms with Crippen LogP contribution in [-0.4, -0.2) is 18.5 Å². The minimum absolute atomic E-state index is 0.177. The van der Waals surface area contributed by atoms with E-state index in [1.165, 1.54) is 12.1 Å². The van der Waals surface area contributed by atoms with Gasteiger partial charge in [0.15, 0.2) is 0 Å². The van der Waals surface area contributed by atoms with Gasteiger partial charge in [-0.25, -0.2) is 4.39 Å². The van der Waals surface area contributed by atoms with Gasteiger partial charge in [-0.15, -0.1) is 0 Å². The Morgan fingerprint density at radius 2 is 1.42 bits per heavy atom. The van der Waals surface area contributed by atoms with E-state index in [9.17, 15) is 17.6 Å². The average molecular weight is 296 g/mol. The quantitative estimate of drug-likeness (QED) is 0.460. The molecule has 2 aromatic rings. The average Bonchev–Trinajstić information content (AvgIpc) is 2.27. The second-order valence-corrected chi connectivity index (χ2v) is 4.83. The van der Waals surface area contributed by atoms with E-state index in [-0.39, 0.29) is 5.82 Å². The number of alkyl halides is 3. The first-order valence-electron chi connectivity index (χ1n) is 4.79. The van der Waals surface area contributed by atoms with Crippen molar-refractivity contribution >= 4 is 20.9 Å². The van der Waals surface area contributed by atoms with Crippen LogP contribution in [0.2, 0.25) is 0 Å². The minimum atomic E-state index is -5.84. The molecule has 0 fully saturated rings. The van der Waals surface area contributed by atoms with Crippen LogP contribution in [0.3, 0.4) is 0 Å². The zero-order chi connectivity index (χ0) is 14.7. The second-order valence-electron chi connectivity index (χ2n) is 3.41. The maximum absolute atomic E-state index is 12.6. The predicted molar refractivity (Wildman–Crippen MR) is 61.5 cm³/mol. The highest BCUT2D eigenvalue weighted by Gasteiger charge is 2.44. The Hall–Kier alpha value is -1.67. The molecule has 19 heavy (non-hydrogen) atoms. The molecule has 0 radical (unpaired) electrons. The maximum atomic E-state index is 12.6. The minimum Gasteiger partial charge on any atom is -0.279 e. The van der Waals surface area contributed by atoms with E-state index in [1.807, 2.05) is 24.3 Å². The fourth-order valence-corrected chi connectivity index (χ4v) is 1.16. The van der Waals surface area contributed by atoms with E-state index in [0.29, 0.717) is 0 Å². The van der Waals surface area contributed by atoms with Gasteiger partial charge in [-0.1, -0.05) is 30.3 Å². The van der Waals surface area contributed by atoms with Gasteiger partial charge in [0.05, 0.1) is 0 Å². The van der Waals surface area contributed by atoms with E-state index < -0.39 is 15.6 Å². The Labute approximate surface area is 106 Å². The van der Waals surface area contributed by atoms with Crippen LogP contribution in [0, 0.1) is 5.82 Å². The summed E-state index contributed by atoms with van der Waals surface area (Å²) in [5.74, 6) is -0.177. The van der Waals surface area contributed by atoms with Gasteiger partial charge in [0.25, 0.3) is 0 Å². The highest BCUT2D eigenvalue weighted by molar-refractivity contribution is 7.86. The summed E-state index contributed by atoms with van der Waals surface area (Å²) in [6.07, 6.45) is 0. The molecule has 0 aliphatic carbocycles. The fraction of sp³-hybridized carbons (Fsp3) is 0.0909. The molecule has 3 nitrogen and oxygen atoms in total. The van der Waals surface area contributed by atoms with Crippen LogP contribution in [-0.2, 0) is 10.1 Å². The van der Waals surface area contributed by atoms with Gasteiger partial charge in [-0.05, 0) is 22.9 Å². The number of hydrogen-bond acceptors (Lipinski definition) is 2. The molecule has 0 aromatic heterocycles. The number of rotatable bonds is 0. The van der Waals surface area contributed by atoms with Gasteiger partial charge in [0.1, 0.15) is 5.82 Å². The molecule has 0 heterocycles. The smallest absolute Gasteiger partial charge is 0.279 e. The van der Waals surface area contributed by atoms with Gasteiger partial charge in [-0.2, -0.15) is 21.6 Å². The highest BCUT2D eigenvalue weighted by Crippen LogP contribution is 2.20. The van der Waals surface area contributed by atoms with Crippen molar-refractivity contribution in [2.75, 3.05) is 0 Å². The molecule has 0 saturated heterocycles. The summed E-state index contributed by atoms with van der Waals surface area (Å²) in [5, 5.41) is 2.03. The molecule has 0 atom stereocenters. The number of hydrogen-bond donors (Lipinski definition) is 1. The lowest BCUT2D eigenvalue weighted by molar-refractivity contribution is -0.0510. The molecule has 0 unspecified atom stereocenters. The van der Waals surface area contributed by atoms with E-state index in [4.69, 9.17) is 13.0 Å². The van der Waals surface area contributed by atoms with Crippen molar-refractivity contribution in [1.82, 2.24) is 0 Å². The summed E-state index contributed by atoms with van der Waals surface area (Å²) in [6, 6.07) is 12.5. The second kappa shape index (κ2) is 5.54. The third-order valence-electron chi connectivity index (χ3n) is 2.00. The molecular weight excluding hydrogens is 288 g/mol. The molecule has 2 rings (SSSR count). The van der Waals surface area contributed by atoms with Gasteiger partial charge in [0, 0.05) is 0 Å². The molecule has 0 aliphatic heterocycles. The van der Waals surface area contributed by atoms with Crippen LogP contribution in [0.1, 0.15) is 0 Å². The van der Waals surface area contributed by atoms with Gasteiger partial charge in [-0.3, -0.25) is 4.55 Å². The Bertz CT molecular complexity index is 665. The fourth-order valence-electron chi connectivity index (χ4n) is 1.16. The van der Waals surface area contributed by atoms with Crippen molar-refractivity contribution in [3.05, 3.63) is 48.3 Å². The van der Waals surface area contributed by atoms with E-state index in [2.05, 4.69) is 0 Å². The topological polar surface area (TPSA) is 54.4 Å². The Kier molecular flexibility index (Phi) is 4.48. The van der Waals surface area contributed by atoms with E-state index in [1.54, 1.807) is 6.07 Å². The summed E-state index contributed by atoms with van der Waals surface area (Å²) in [5.41, 5.74) is -5.53. The zero-order valence-corrected chi connectivity index (χ0v) is 10.0. The predicted octanol–water partition coefficient (Wildman–Crippen LogP) is 3.37. The summed E-state index contributed by atoms with van der Waals surface area (Å²) >= 11 is 0. The molecule has 0 saturated carbocycles. The largest absolute Gasteiger partial charge is 0.522 e. The lowest BCUT2D eigenvalue weighted by Crippen LogP contribution is -2.21. The van der Waals surface area contributed by atoms with Crippen molar-refractivity contribution in [2.24, 2.45) is 0 Å². The molecule has 1 N–H and O–H groups in total. The third-order valence-corrected chi connectivity index (χ3v) is 2.59. The third kappa shape index (κ3) is 4.49. The first-order valence-corrected chi connectivity index (χ1v) is 6.23. The molecular formula is C11H8F4O3S. The van der Waals surface area contributed by atoms with Crippen molar-refractivity contribution in [2.45, 2.75) is 5.51 Å². The molecule has 0 amide bonds. The Balaban J connectivity index is 0.000000203. The Morgan fingerprint density at radius 1 is 0.947 bits per heavy atom. The van der Waals surface area contributed by atoms with E-state index >= 15 is 0 Å². The summed E-state index contributed by atoms with van der Waals surface area (Å²) in [7, 11) is -5.84. The molecule has 2 aromatic carbocycles. The van der Waals surface area contributed by atoms with Gasteiger partial charge < -0.3 is 0 Å². The maximum Gasteiger partial charge on any atom is 0.522 e. The van der Waals surface area contributed by atoms with Crippen molar-refractivity contribution in [3.8, 4) is 0 Å². The SMILES string of the molecule is Fc1ccc2ccccc2c1.O=S(=O)(O)C(F)(F)F. The Morgan fingerprint density at radius 3 is 1.89 bits per heavy atom. The number of halogens is 4. The number of benzene rings is 2. The lowest BCUT2D eigenvalue weighted by atomic mass is 10.1. The first-order chi connectivity index (χ1) is 8.61. The summed E-state index contributed by atoms with van der Waals surface area (Å²) in [4.78, 5) is 0. The van der Waals surface area contributed by atoms with Crippen molar-refractivity contribution < 1.29 is 30.5 Å². The molecule has 0 bridgehead atoms. The summed E-state index contributed by atoms with van der Waals surface area (Å²) < 4.78 is 70.2. The van der Waals surface area contributed by atoms with Crippen LogP contribution in [0.15, 0.2) is 42.5 Å². The van der Waals surface area contributed by atoms with Gasteiger partial charge >= 0.3 is 15.6 Å². The van der Waals surface area contributed by atoms with Gasteiger partial charge in [0.2, 0.25) is 0 Å². The van der Waals surface area contributed by atoms with Crippen molar-refractivity contribution in [3.63, 3.8) is 0 Å². The molecule has 8 heteroatoms. The van der Waals surface area contributed by atoms with Crippen LogP contribution < -0.4 is 0 Å². The first kappa shape index (κ1) is 15.4. The van der Waals surface area contributed by atoms with Crippen molar-refractivity contribution in [1.29, 1.82) is 0 Å². The number of fused-ring (bicyclic) bond motifs is 1. The van der Waals surface area contributed by atoms with Crippen LogP contribution in [0.25, 0.3) is 10.8 Å². The standard InChI is InChI=1S/C10H7F.CHF3O3S/c11-10-6-5-8-3-1-2-4-9(8)7-10;2-1(3,4)8(5,6)7/h1-7H;(H,5,6,7).